The topological polar surface area (TPSA) is 96.6 Å². The molecule has 0 fully saturated rings. The second-order valence-corrected chi connectivity index (χ2v) is 12.9. The number of aliphatic hydroxyl groups is 2. The lowest BCUT2D eigenvalue weighted by molar-refractivity contribution is 0.108. The Morgan fingerprint density at radius 2 is 0.907 bits per heavy atom. The Bertz CT molecular complexity index is 1740. The summed E-state index contributed by atoms with van der Waals surface area (Å²) in [7, 11) is 4.12. The number of aliphatic hydroxyl groups excluding tert-OH is 2. The van der Waals surface area contributed by atoms with Gasteiger partial charge in [-0.3, -0.25) is 10.0 Å². The molecular formula is C44H52N6O4. The van der Waals surface area contributed by atoms with Crippen LogP contribution in [0.5, 0.6) is 11.5 Å². The maximum atomic E-state index is 11.0. The zero-order valence-electron chi connectivity index (χ0n) is 31.6. The van der Waals surface area contributed by atoms with Crippen molar-refractivity contribution in [2.45, 2.75) is 26.1 Å². The van der Waals surface area contributed by atoms with E-state index in [9.17, 15) is 10.2 Å². The third-order valence-electron chi connectivity index (χ3n) is 8.87. The molecule has 0 saturated heterocycles. The summed E-state index contributed by atoms with van der Waals surface area (Å²) in [5.74, 6) is 1.08. The number of para-hydroxylation sites is 2. The van der Waals surface area contributed by atoms with Crippen LogP contribution >= 0.6 is 0 Å². The lowest BCUT2D eigenvalue weighted by Gasteiger charge is -2.23. The Morgan fingerprint density at radius 3 is 1.28 bits per heavy atom. The number of anilines is 4. The van der Waals surface area contributed by atoms with Crippen molar-refractivity contribution in [3.05, 3.63) is 145 Å². The maximum absolute atomic E-state index is 11.0. The van der Waals surface area contributed by atoms with Crippen molar-refractivity contribution < 1.29 is 19.7 Å². The molecule has 0 heterocycles. The number of ether oxygens (including phenoxy) is 2. The van der Waals surface area contributed by atoms with Gasteiger partial charge in [0.1, 0.15) is 36.9 Å². The lowest BCUT2D eigenvalue weighted by atomic mass is 10.2. The van der Waals surface area contributed by atoms with Crippen LogP contribution in [0.15, 0.2) is 144 Å². The highest BCUT2D eigenvalue weighted by molar-refractivity contribution is 5.82. The molecule has 2 unspecified atom stereocenters. The van der Waals surface area contributed by atoms with Gasteiger partial charge in [0.25, 0.3) is 0 Å². The Labute approximate surface area is 319 Å². The molecule has 0 saturated carbocycles. The van der Waals surface area contributed by atoms with Gasteiger partial charge in [-0.2, -0.15) is 10.2 Å². The van der Waals surface area contributed by atoms with Crippen LogP contribution in [0.2, 0.25) is 0 Å². The van der Waals surface area contributed by atoms with E-state index in [1.165, 1.54) is 0 Å². The minimum absolute atomic E-state index is 0.0467. The van der Waals surface area contributed by atoms with E-state index in [0.29, 0.717) is 11.5 Å². The van der Waals surface area contributed by atoms with Crippen molar-refractivity contribution >= 4 is 35.2 Å². The van der Waals surface area contributed by atoms with Gasteiger partial charge in [-0.1, -0.05) is 66.7 Å². The van der Waals surface area contributed by atoms with Crippen molar-refractivity contribution in [3.63, 3.8) is 0 Å². The second kappa shape index (κ2) is 20.4. The van der Waals surface area contributed by atoms with Gasteiger partial charge in [-0.25, -0.2) is 0 Å². The largest absolute Gasteiger partial charge is 0.491 e. The van der Waals surface area contributed by atoms with Gasteiger partial charge in [0, 0.05) is 44.6 Å². The normalized spacial score (nSPS) is 12.4. The van der Waals surface area contributed by atoms with Crippen LogP contribution < -0.4 is 29.3 Å². The third kappa shape index (κ3) is 12.1. The van der Waals surface area contributed by atoms with Crippen LogP contribution in [0.3, 0.4) is 0 Å². The molecule has 10 nitrogen and oxygen atoms in total. The maximum Gasteiger partial charge on any atom is 0.123 e. The van der Waals surface area contributed by atoms with Crippen LogP contribution in [0.25, 0.3) is 0 Å². The van der Waals surface area contributed by atoms with Gasteiger partial charge in [-0.05, 0) is 85.6 Å². The Hall–Kier alpha value is -5.84. The molecule has 10 heteroatoms. The molecule has 282 valence electrons. The van der Waals surface area contributed by atoms with Gasteiger partial charge in [0.2, 0.25) is 0 Å². The Balaban J connectivity index is 1.15. The predicted molar refractivity (Wildman–Crippen MR) is 223 cm³/mol. The summed E-state index contributed by atoms with van der Waals surface area (Å²) in [4.78, 5) is 4.34. The molecule has 0 amide bonds. The van der Waals surface area contributed by atoms with Gasteiger partial charge < -0.3 is 29.5 Å². The van der Waals surface area contributed by atoms with Gasteiger partial charge in [0.05, 0.1) is 36.9 Å². The molecule has 2 N–H and O–H groups in total. The monoisotopic (exact) mass is 728 g/mol. The molecular weight excluding hydrogens is 677 g/mol. The summed E-state index contributed by atoms with van der Waals surface area (Å²) in [6.45, 7) is 6.62. The molecule has 5 aromatic rings. The van der Waals surface area contributed by atoms with Crippen molar-refractivity contribution in [3.8, 4) is 11.5 Å². The molecule has 0 aliphatic rings. The molecule has 5 aromatic carbocycles. The van der Waals surface area contributed by atoms with Crippen LogP contribution in [0, 0.1) is 0 Å². The first kappa shape index (κ1) is 39.4. The number of hydrazone groups is 2. The van der Waals surface area contributed by atoms with Crippen LogP contribution in [-0.2, 0) is 0 Å². The van der Waals surface area contributed by atoms with E-state index in [4.69, 9.17) is 19.7 Å². The van der Waals surface area contributed by atoms with E-state index < -0.39 is 12.2 Å². The highest BCUT2D eigenvalue weighted by atomic mass is 16.5. The minimum Gasteiger partial charge on any atom is -0.491 e. The molecule has 0 aliphatic carbocycles. The average molecular weight is 729 g/mol. The van der Waals surface area contributed by atoms with Crippen molar-refractivity contribution in [2.75, 3.05) is 73.3 Å². The molecule has 0 radical (unpaired) electrons. The number of nitrogens with zero attached hydrogens (tertiary/aromatic N) is 6. The van der Waals surface area contributed by atoms with Crippen LogP contribution in [0.1, 0.15) is 25.0 Å². The summed E-state index contributed by atoms with van der Waals surface area (Å²) in [6.07, 6.45) is 1.91. The Morgan fingerprint density at radius 1 is 0.519 bits per heavy atom. The quantitative estimate of drug-likeness (QED) is 0.0645. The Kier molecular flexibility index (Phi) is 14.9. The lowest BCUT2D eigenvalue weighted by Crippen LogP contribution is -2.33. The molecule has 54 heavy (non-hydrogen) atoms. The van der Waals surface area contributed by atoms with E-state index in [1.54, 1.807) is 40.6 Å². The summed E-state index contributed by atoms with van der Waals surface area (Å²) in [6, 6.07) is 43.1. The molecule has 5 rings (SSSR count). The SMILES string of the molecule is CCN(C)c1ccc(/C=N/N(CC(O)COc2cccc(OCC(O)CN(/N=C/c3ccc(N(C)CC)cc3)c3ccccc3)c2)c2ccccc2)cc1. The highest BCUT2D eigenvalue weighted by Gasteiger charge is 2.15. The fourth-order valence-corrected chi connectivity index (χ4v) is 5.45. The van der Waals surface area contributed by atoms with Crippen molar-refractivity contribution in [2.24, 2.45) is 10.2 Å². The smallest absolute Gasteiger partial charge is 0.123 e. The first-order valence-electron chi connectivity index (χ1n) is 18.4. The molecule has 0 aromatic heterocycles. The average Bonchev–Trinajstić information content (AvgIpc) is 3.22. The molecule has 0 bridgehead atoms. The zero-order valence-corrected chi connectivity index (χ0v) is 31.6. The van der Waals surface area contributed by atoms with E-state index in [1.807, 2.05) is 91.0 Å². The van der Waals surface area contributed by atoms with Gasteiger partial charge >= 0.3 is 0 Å². The fraction of sp³-hybridized carbons (Fsp3) is 0.273. The van der Waals surface area contributed by atoms with Gasteiger partial charge in [0.15, 0.2) is 0 Å². The summed E-state index contributed by atoms with van der Waals surface area (Å²) < 4.78 is 12.0. The minimum atomic E-state index is -0.838. The van der Waals surface area contributed by atoms with Gasteiger partial charge in [-0.15, -0.1) is 0 Å². The third-order valence-corrected chi connectivity index (χ3v) is 8.87. The van der Waals surface area contributed by atoms with E-state index >= 15 is 0 Å². The fourth-order valence-electron chi connectivity index (χ4n) is 5.45. The first-order chi connectivity index (χ1) is 26.3. The standard InChI is InChI=1S/C44H52N6O4/c1-5-47(3)37-24-20-35(21-25-37)29-45-49(39-14-9-7-10-15-39)31-41(51)33-53-43-18-13-19-44(28-43)54-34-42(52)32-50(40-16-11-8-12-17-40)46-30-36-22-26-38(27-23-36)48(4)6-2/h7-30,41-42,51-52H,5-6,31-34H2,1-4H3/b45-29+,46-30+. The van der Waals surface area contributed by atoms with Crippen LogP contribution in [-0.4, -0.2) is 88.3 Å². The summed E-state index contributed by atoms with van der Waals surface area (Å²) in [5.41, 5.74) is 5.91. The van der Waals surface area contributed by atoms with E-state index in [2.05, 4.69) is 62.0 Å². The van der Waals surface area contributed by atoms with E-state index in [0.717, 1.165) is 47.0 Å². The van der Waals surface area contributed by atoms with Crippen LogP contribution in [0.4, 0.5) is 22.7 Å². The molecule has 0 aliphatic heterocycles. The number of rotatable bonds is 20. The van der Waals surface area contributed by atoms with Crippen molar-refractivity contribution in [1.29, 1.82) is 0 Å². The number of hydrogen-bond acceptors (Lipinski definition) is 10. The van der Waals surface area contributed by atoms with E-state index in [-0.39, 0.29) is 26.3 Å². The summed E-state index contributed by atoms with van der Waals surface area (Å²) in [5, 5.41) is 35.0. The second-order valence-electron chi connectivity index (χ2n) is 12.9. The van der Waals surface area contributed by atoms with Crippen molar-refractivity contribution in [1.82, 2.24) is 0 Å². The summed E-state index contributed by atoms with van der Waals surface area (Å²) >= 11 is 0. The first-order valence-corrected chi connectivity index (χ1v) is 18.4. The molecule has 2 atom stereocenters. The highest BCUT2D eigenvalue weighted by Crippen LogP contribution is 2.22. The predicted octanol–water partition coefficient (Wildman–Crippen LogP) is 7.16. The number of hydrogen-bond donors (Lipinski definition) is 2. The zero-order chi connectivity index (χ0) is 38.1. The number of benzene rings is 5. The molecule has 0 spiro atoms.